The van der Waals surface area contributed by atoms with Crippen molar-refractivity contribution in [2.45, 2.75) is 57.0 Å². The summed E-state index contributed by atoms with van der Waals surface area (Å²) in [7, 11) is 1.78. The Balaban J connectivity index is 1.72. The lowest BCUT2D eigenvalue weighted by molar-refractivity contribution is -0.124. The number of carbonyl (C=O) groups is 1. The van der Waals surface area contributed by atoms with Crippen LogP contribution in [0.4, 0.5) is 0 Å². The van der Waals surface area contributed by atoms with E-state index in [-0.39, 0.29) is 5.91 Å². The number of methoxy groups -OCH3 is 1. The summed E-state index contributed by atoms with van der Waals surface area (Å²) in [5.74, 6) is 0.446. The lowest BCUT2D eigenvalue weighted by Gasteiger charge is -2.34. The Morgan fingerprint density at radius 1 is 1.43 bits per heavy atom. The van der Waals surface area contributed by atoms with Crippen LogP contribution in [-0.2, 0) is 9.53 Å². The minimum absolute atomic E-state index is 0.217. The average molecular weight is 297 g/mol. The van der Waals surface area contributed by atoms with E-state index >= 15 is 0 Å². The number of nitrogens with zero attached hydrogens (tertiary/aromatic N) is 1. The Bertz CT molecular complexity index is 344. The molecule has 122 valence electrons. The normalized spacial score (nSPS) is 26.5. The van der Waals surface area contributed by atoms with Crippen LogP contribution >= 0.6 is 0 Å². The van der Waals surface area contributed by atoms with Crippen LogP contribution < -0.4 is 11.1 Å². The Morgan fingerprint density at radius 2 is 2.19 bits per heavy atom. The molecule has 2 aliphatic rings. The van der Waals surface area contributed by atoms with E-state index < -0.39 is 5.54 Å². The van der Waals surface area contributed by atoms with Crippen LogP contribution in [0.15, 0.2) is 0 Å². The number of primary amides is 1. The lowest BCUT2D eigenvalue weighted by Crippen LogP contribution is -2.54. The molecule has 2 rings (SSSR count). The van der Waals surface area contributed by atoms with E-state index in [0.717, 1.165) is 32.5 Å². The molecular formula is C16H31N3O2. The first kappa shape index (κ1) is 16.7. The predicted molar refractivity (Wildman–Crippen MR) is 84.0 cm³/mol. The minimum atomic E-state index is -0.539. The second-order valence-corrected chi connectivity index (χ2v) is 6.98. The van der Waals surface area contributed by atoms with Crippen molar-refractivity contribution in [1.82, 2.24) is 10.2 Å². The minimum Gasteiger partial charge on any atom is -0.384 e. The second-order valence-electron chi connectivity index (χ2n) is 6.98. The highest BCUT2D eigenvalue weighted by Gasteiger charge is 2.36. The number of hydrogen-bond donors (Lipinski definition) is 2. The molecule has 2 fully saturated rings. The van der Waals surface area contributed by atoms with Crippen molar-refractivity contribution in [1.29, 1.82) is 0 Å². The molecule has 5 nitrogen and oxygen atoms in total. The van der Waals surface area contributed by atoms with Crippen molar-refractivity contribution in [3.8, 4) is 0 Å². The van der Waals surface area contributed by atoms with Crippen LogP contribution in [0.25, 0.3) is 0 Å². The van der Waals surface area contributed by atoms with Crippen LogP contribution in [0, 0.1) is 5.92 Å². The Labute approximate surface area is 128 Å². The van der Waals surface area contributed by atoms with Crippen molar-refractivity contribution in [2.75, 3.05) is 33.4 Å². The molecule has 1 aliphatic heterocycles. The standard InChI is InChI=1S/C16H31N3O2/c1-16(15(17)20,18-14-6-7-14)8-4-10-19-9-3-5-13(11-19)12-21-2/h13-14,18H,3-12H2,1-2H3,(H2,17,20). The van der Waals surface area contributed by atoms with E-state index in [0.29, 0.717) is 12.0 Å². The van der Waals surface area contributed by atoms with E-state index in [4.69, 9.17) is 10.5 Å². The van der Waals surface area contributed by atoms with E-state index in [2.05, 4.69) is 10.2 Å². The third-order valence-electron chi connectivity index (χ3n) is 4.80. The third-order valence-corrected chi connectivity index (χ3v) is 4.80. The van der Waals surface area contributed by atoms with Crippen LogP contribution in [-0.4, -0.2) is 55.7 Å². The first-order valence-electron chi connectivity index (χ1n) is 8.32. The molecule has 0 radical (unpaired) electrons. The fourth-order valence-corrected chi connectivity index (χ4v) is 3.33. The van der Waals surface area contributed by atoms with Gasteiger partial charge in [0.25, 0.3) is 0 Å². The molecule has 0 bridgehead atoms. The highest BCUT2D eigenvalue weighted by molar-refractivity contribution is 5.84. The van der Waals surface area contributed by atoms with Crippen molar-refractivity contribution in [3.05, 3.63) is 0 Å². The summed E-state index contributed by atoms with van der Waals surface area (Å²) in [5.41, 5.74) is 5.06. The van der Waals surface area contributed by atoms with Gasteiger partial charge in [-0.25, -0.2) is 0 Å². The molecule has 0 aromatic carbocycles. The molecule has 1 aliphatic carbocycles. The van der Waals surface area contributed by atoms with E-state index in [9.17, 15) is 4.79 Å². The first-order valence-corrected chi connectivity index (χ1v) is 8.32. The van der Waals surface area contributed by atoms with Crippen LogP contribution in [0.2, 0.25) is 0 Å². The molecule has 0 spiro atoms. The van der Waals surface area contributed by atoms with Gasteiger partial charge in [0.15, 0.2) is 0 Å². The van der Waals surface area contributed by atoms with Crippen LogP contribution in [0.3, 0.4) is 0 Å². The number of amides is 1. The lowest BCUT2D eigenvalue weighted by atomic mass is 9.93. The summed E-state index contributed by atoms with van der Waals surface area (Å²) in [4.78, 5) is 14.2. The Hall–Kier alpha value is -0.650. The molecule has 2 unspecified atom stereocenters. The van der Waals surface area contributed by atoms with Gasteiger partial charge in [-0.15, -0.1) is 0 Å². The highest BCUT2D eigenvalue weighted by atomic mass is 16.5. The molecular weight excluding hydrogens is 266 g/mol. The SMILES string of the molecule is COCC1CCCN(CCCC(C)(NC2CC2)C(N)=O)C1. The van der Waals surface area contributed by atoms with E-state index in [1.807, 2.05) is 6.92 Å². The van der Waals surface area contributed by atoms with Crippen molar-refractivity contribution >= 4 is 5.91 Å². The van der Waals surface area contributed by atoms with Gasteiger partial charge in [-0.1, -0.05) is 0 Å². The zero-order valence-corrected chi connectivity index (χ0v) is 13.6. The second kappa shape index (κ2) is 7.56. The molecule has 3 N–H and O–H groups in total. The van der Waals surface area contributed by atoms with Crippen LogP contribution in [0.5, 0.6) is 0 Å². The smallest absolute Gasteiger partial charge is 0.237 e. The molecule has 1 saturated carbocycles. The van der Waals surface area contributed by atoms with Gasteiger partial charge in [-0.3, -0.25) is 4.79 Å². The number of rotatable bonds is 9. The summed E-state index contributed by atoms with van der Waals surface area (Å²) in [6.07, 6.45) is 6.71. The summed E-state index contributed by atoms with van der Waals surface area (Å²) < 4.78 is 5.27. The Morgan fingerprint density at radius 3 is 2.81 bits per heavy atom. The van der Waals surface area contributed by atoms with Crippen molar-refractivity contribution < 1.29 is 9.53 Å². The number of piperidine rings is 1. The molecule has 1 saturated heterocycles. The predicted octanol–water partition coefficient (Wildman–Crippen LogP) is 1.12. The highest BCUT2D eigenvalue weighted by Crippen LogP contribution is 2.25. The monoisotopic (exact) mass is 297 g/mol. The fraction of sp³-hybridized carbons (Fsp3) is 0.938. The zero-order valence-electron chi connectivity index (χ0n) is 13.6. The number of hydrogen-bond acceptors (Lipinski definition) is 4. The van der Waals surface area contributed by atoms with Gasteiger partial charge in [-0.2, -0.15) is 0 Å². The number of ether oxygens (including phenoxy) is 1. The van der Waals surface area contributed by atoms with Gasteiger partial charge in [-0.05, 0) is 64.5 Å². The maximum atomic E-state index is 11.7. The molecule has 0 aromatic rings. The van der Waals surface area contributed by atoms with Gasteiger partial charge in [0.2, 0.25) is 5.91 Å². The molecule has 2 atom stereocenters. The van der Waals surface area contributed by atoms with Gasteiger partial charge in [0.05, 0.1) is 12.1 Å². The third kappa shape index (κ3) is 5.24. The molecule has 21 heavy (non-hydrogen) atoms. The van der Waals surface area contributed by atoms with Crippen molar-refractivity contribution in [3.63, 3.8) is 0 Å². The largest absolute Gasteiger partial charge is 0.384 e. The summed E-state index contributed by atoms with van der Waals surface area (Å²) in [6, 6.07) is 0.503. The van der Waals surface area contributed by atoms with Gasteiger partial charge in [0, 0.05) is 19.7 Å². The maximum absolute atomic E-state index is 11.7. The number of likely N-dealkylation sites (tertiary alicyclic amines) is 1. The quantitative estimate of drug-likeness (QED) is 0.669. The molecule has 0 aromatic heterocycles. The molecule has 1 amide bonds. The zero-order chi connectivity index (χ0) is 15.3. The summed E-state index contributed by atoms with van der Waals surface area (Å²) >= 11 is 0. The van der Waals surface area contributed by atoms with Crippen LogP contribution in [0.1, 0.15) is 45.4 Å². The van der Waals surface area contributed by atoms with E-state index in [1.54, 1.807) is 7.11 Å². The Kier molecular flexibility index (Phi) is 6.02. The van der Waals surface area contributed by atoms with Gasteiger partial charge < -0.3 is 20.7 Å². The van der Waals surface area contributed by atoms with Gasteiger partial charge in [0.1, 0.15) is 0 Å². The molecule has 1 heterocycles. The average Bonchev–Trinajstić information content (AvgIpc) is 3.23. The van der Waals surface area contributed by atoms with E-state index in [1.165, 1.54) is 32.2 Å². The molecule has 5 heteroatoms. The van der Waals surface area contributed by atoms with Gasteiger partial charge >= 0.3 is 0 Å². The fourth-order valence-electron chi connectivity index (χ4n) is 3.33. The topological polar surface area (TPSA) is 67.6 Å². The number of carbonyl (C=O) groups excluding carboxylic acids is 1. The maximum Gasteiger partial charge on any atom is 0.237 e. The summed E-state index contributed by atoms with van der Waals surface area (Å²) in [6.45, 7) is 6.16. The number of nitrogens with one attached hydrogen (secondary N) is 1. The van der Waals surface area contributed by atoms with Crippen molar-refractivity contribution in [2.24, 2.45) is 11.7 Å². The summed E-state index contributed by atoms with van der Waals surface area (Å²) in [5, 5.41) is 3.42. The first-order chi connectivity index (χ1) is 10.0. The number of nitrogens with two attached hydrogens (primary N) is 1.